The molecule has 13 heavy (non-hydrogen) atoms. The second-order valence-electron chi connectivity index (χ2n) is 2.93. The van der Waals surface area contributed by atoms with E-state index in [1.165, 1.54) is 5.56 Å². The van der Waals surface area contributed by atoms with Crippen LogP contribution in [0.5, 0.6) is 0 Å². The van der Waals surface area contributed by atoms with Gasteiger partial charge >= 0.3 is 0 Å². The van der Waals surface area contributed by atoms with Gasteiger partial charge in [-0.3, -0.25) is 0 Å². The van der Waals surface area contributed by atoms with Crippen LogP contribution in [-0.4, -0.2) is 6.54 Å². The van der Waals surface area contributed by atoms with Crippen LogP contribution in [0.15, 0.2) is 18.2 Å². The van der Waals surface area contributed by atoms with Crippen LogP contribution in [-0.2, 0) is 6.54 Å². The fraction of sp³-hybridized carbons (Fsp3) is 0.400. The summed E-state index contributed by atoms with van der Waals surface area (Å²) in [6.07, 6.45) is 1.16. The zero-order valence-electron chi connectivity index (χ0n) is 7.61. The molecule has 0 spiro atoms. The third-order valence-corrected chi connectivity index (χ3v) is 3.31. The fourth-order valence-corrected chi connectivity index (χ4v) is 1.60. The van der Waals surface area contributed by atoms with Crippen LogP contribution < -0.4 is 5.32 Å². The minimum Gasteiger partial charge on any atom is -0.313 e. The monoisotopic (exact) mass is 309 g/mol. The number of hydrogen-bond donors (Lipinski definition) is 1. The molecule has 0 amide bonds. The van der Waals surface area contributed by atoms with Gasteiger partial charge < -0.3 is 5.32 Å². The molecule has 1 nitrogen and oxygen atoms in total. The molecule has 72 valence electrons. The molecule has 0 unspecified atom stereocenters. The summed E-state index contributed by atoms with van der Waals surface area (Å²) in [6, 6.07) is 6.17. The van der Waals surface area contributed by atoms with Crippen molar-refractivity contribution in [1.29, 1.82) is 0 Å². The first-order valence-corrected chi connectivity index (χ1v) is 5.84. The van der Waals surface area contributed by atoms with Crippen molar-refractivity contribution >= 4 is 34.2 Å². The molecule has 0 saturated heterocycles. The molecule has 0 fully saturated rings. The van der Waals surface area contributed by atoms with Gasteiger partial charge in [0.25, 0.3) is 0 Å². The number of rotatable bonds is 4. The molecule has 0 radical (unpaired) electrons. The molecule has 0 saturated carbocycles. The van der Waals surface area contributed by atoms with Crippen LogP contribution in [0.3, 0.4) is 0 Å². The molecule has 1 rings (SSSR count). The Morgan fingerprint density at radius 2 is 2.23 bits per heavy atom. The molecule has 0 heterocycles. The first-order chi connectivity index (χ1) is 6.24. The molecule has 0 aromatic heterocycles. The first kappa shape index (κ1) is 11.3. The third kappa shape index (κ3) is 3.83. The van der Waals surface area contributed by atoms with E-state index in [0.717, 1.165) is 28.1 Å². The topological polar surface area (TPSA) is 12.0 Å². The van der Waals surface area contributed by atoms with E-state index in [1.807, 2.05) is 12.1 Å². The van der Waals surface area contributed by atoms with Crippen LogP contribution >= 0.6 is 34.2 Å². The number of benzene rings is 1. The van der Waals surface area contributed by atoms with Crippen LogP contribution in [0, 0.1) is 3.57 Å². The largest absolute Gasteiger partial charge is 0.313 e. The zero-order valence-corrected chi connectivity index (χ0v) is 10.5. The smallest absolute Gasteiger partial charge is 0.0542 e. The lowest BCUT2D eigenvalue weighted by Crippen LogP contribution is -2.13. The minimum atomic E-state index is 0.844. The molecular formula is C10H13ClIN. The van der Waals surface area contributed by atoms with E-state index in [0.29, 0.717) is 0 Å². The number of hydrogen-bond acceptors (Lipinski definition) is 1. The van der Waals surface area contributed by atoms with E-state index in [-0.39, 0.29) is 0 Å². The summed E-state index contributed by atoms with van der Waals surface area (Å²) in [5.41, 5.74) is 1.25. The average molecular weight is 310 g/mol. The van der Waals surface area contributed by atoms with Gasteiger partial charge in [-0.15, -0.1) is 0 Å². The second-order valence-corrected chi connectivity index (χ2v) is 4.49. The summed E-state index contributed by atoms with van der Waals surface area (Å²) in [4.78, 5) is 0. The van der Waals surface area contributed by atoms with Crippen LogP contribution in [0.4, 0.5) is 0 Å². The molecule has 0 aliphatic carbocycles. The van der Waals surface area contributed by atoms with Gasteiger partial charge in [0.15, 0.2) is 0 Å². The Balaban J connectivity index is 2.53. The molecule has 1 N–H and O–H groups in total. The van der Waals surface area contributed by atoms with Gasteiger partial charge in [0.1, 0.15) is 0 Å². The standard InChI is InChI=1S/C10H13ClIN/c1-2-5-13-7-8-3-4-10(12)9(11)6-8/h3-4,6,13H,2,5,7H2,1H3. The predicted molar refractivity (Wildman–Crippen MR) is 66.2 cm³/mol. The molecular weight excluding hydrogens is 296 g/mol. The SMILES string of the molecule is CCCNCc1ccc(I)c(Cl)c1. The summed E-state index contributed by atoms with van der Waals surface area (Å²) in [5.74, 6) is 0. The summed E-state index contributed by atoms with van der Waals surface area (Å²) < 4.78 is 1.11. The summed E-state index contributed by atoms with van der Waals surface area (Å²) in [6.45, 7) is 4.13. The highest BCUT2D eigenvalue weighted by atomic mass is 127. The van der Waals surface area contributed by atoms with Gasteiger partial charge in [-0.25, -0.2) is 0 Å². The Bertz CT molecular complexity index is 276. The Morgan fingerprint density at radius 3 is 2.85 bits per heavy atom. The number of halogens is 2. The summed E-state index contributed by atoms with van der Waals surface area (Å²) in [7, 11) is 0. The van der Waals surface area contributed by atoms with Gasteiger partial charge in [-0.05, 0) is 53.3 Å². The Kier molecular flexibility index (Phi) is 5.06. The van der Waals surface area contributed by atoms with Crippen molar-refractivity contribution in [3.8, 4) is 0 Å². The highest BCUT2D eigenvalue weighted by Gasteiger charge is 1.97. The molecule has 1 aromatic rings. The Hall–Kier alpha value is 0.200. The highest BCUT2D eigenvalue weighted by Crippen LogP contribution is 2.19. The van der Waals surface area contributed by atoms with E-state index in [9.17, 15) is 0 Å². The molecule has 0 atom stereocenters. The third-order valence-electron chi connectivity index (χ3n) is 1.74. The van der Waals surface area contributed by atoms with Crippen molar-refractivity contribution in [1.82, 2.24) is 5.32 Å². The van der Waals surface area contributed by atoms with Crippen LogP contribution in [0.1, 0.15) is 18.9 Å². The van der Waals surface area contributed by atoms with E-state index in [1.54, 1.807) is 0 Å². The second kappa shape index (κ2) is 5.83. The van der Waals surface area contributed by atoms with Crippen molar-refractivity contribution in [2.75, 3.05) is 6.54 Å². The van der Waals surface area contributed by atoms with Gasteiger partial charge in [0.05, 0.1) is 5.02 Å². The van der Waals surface area contributed by atoms with Crippen molar-refractivity contribution in [2.24, 2.45) is 0 Å². The maximum absolute atomic E-state index is 5.99. The van der Waals surface area contributed by atoms with E-state index >= 15 is 0 Å². The van der Waals surface area contributed by atoms with Crippen molar-refractivity contribution in [3.63, 3.8) is 0 Å². The van der Waals surface area contributed by atoms with E-state index in [4.69, 9.17) is 11.6 Å². The molecule has 3 heteroatoms. The first-order valence-electron chi connectivity index (χ1n) is 4.38. The minimum absolute atomic E-state index is 0.844. The molecule has 0 aliphatic rings. The predicted octanol–water partition coefficient (Wildman–Crippen LogP) is 3.44. The van der Waals surface area contributed by atoms with Crippen molar-refractivity contribution in [2.45, 2.75) is 19.9 Å². The van der Waals surface area contributed by atoms with Gasteiger partial charge in [0, 0.05) is 10.1 Å². The molecule has 0 aliphatic heterocycles. The normalized spacial score (nSPS) is 10.4. The van der Waals surface area contributed by atoms with Crippen LogP contribution in [0.25, 0.3) is 0 Å². The maximum Gasteiger partial charge on any atom is 0.0542 e. The van der Waals surface area contributed by atoms with Crippen molar-refractivity contribution in [3.05, 3.63) is 32.4 Å². The summed E-state index contributed by atoms with van der Waals surface area (Å²) in [5, 5.41) is 4.18. The average Bonchev–Trinajstić information content (AvgIpc) is 2.12. The molecule has 1 aromatic carbocycles. The Labute approximate surface area is 98.0 Å². The van der Waals surface area contributed by atoms with Gasteiger partial charge in [-0.2, -0.15) is 0 Å². The lowest BCUT2D eigenvalue weighted by atomic mass is 10.2. The zero-order chi connectivity index (χ0) is 9.68. The van der Waals surface area contributed by atoms with Crippen molar-refractivity contribution < 1.29 is 0 Å². The summed E-state index contributed by atoms with van der Waals surface area (Å²) >= 11 is 8.23. The number of nitrogens with one attached hydrogen (secondary N) is 1. The molecule has 0 bridgehead atoms. The van der Waals surface area contributed by atoms with Crippen LogP contribution in [0.2, 0.25) is 5.02 Å². The fourth-order valence-electron chi connectivity index (χ4n) is 1.06. The quantitative estimate of drug-likeness (QED) is 0.663. The maximum atomic E-state index is 5.99. The van der Waals surface area contributed by atoms with E-state index in [2.05, 4.69) is 40.9 Å². The van der Waals surface area contributed by atoms with E-state index < -0.39 is 0 Å². The Morgan fingerprint density at radius 1 is 1.46 bits per heavy atom. The lowest BCUT2D eigenvalue weighted by Gasteiger charge is -2.04. The lowest BCUT2D eigenvalue weighted by molar-refractivity contribution is 0.675. The van der Waals surface area contributed by atoms with Gasteiger partial charge in [-0.1, -0.05) is 24.6 Å². The van der Waals surface area contributed by atoms with Gasteiger partial charge in [0.2, 0.25) is 0 Å². The highest BCUT2D eigenvalue weighted by molar-refractivity contribution is 14.1.